The lowest BCUT2D eigenvalue weighted by atomic mass is 10.3. The Kier molecular flexibility index (Phi) is 57.5. The number of thioether (sulfide) groups is 3. The van der Waals surface area contributed by atoms with E-state index in [0.29, 0.717) is 130 Å². The molecule has 15 aliphatic heterocycles. The second kappa shape index (κ2) is 62.6. The minimum absolute atomic E-state index is 0.0150. The van der Waals surface area contributed by atoms with E-state index in [9.17, 15) is 163 Å². The molecular formula is C74H99N7O39S12. The Balaban J connectivity index is 0.000000700. The summed E-state index contributed by atoms with van der Waals surface area (Å²) in [4.78, 5) is 204. The van der Waals surface area contributed by atoms with Crippen LogP contribution in [0.3, 0.4) is 0 Å². The third-order valence-corrected chi connectivity index (χ3v) is 29.7. The first-order chi connectivity index (χ1) is 61.3. The summed E-state index contributed by atoms with van der Waals surface area (Å²) in [5, 5.41) is 4.20. The molecule has 18 aliphatic rings. The minimum atomic E-state index is -3.23. The highest BCUT2D eigenvalue weighted by Gasteiger charge is 2.28. The van der Waals surface area contributed by atoms with Crippen molar-refractivity contribution >= 4 is 242 Å². The van der Waals surface area contributed by atoms with Gasteiger partial charge < -0.3 is 14.2 Å². The Hall–Kier alpha value is -8.88. The molecule has 0 aromatic carbocycles. The normalized spacial score (nSPS) is 23.8. The van der Waals surface area contributed by atoms with Gasteiger partial charge in [0.05, 0.1) is 103 Å². The zero-order valence-corrected chi connectivity index (χ0v) is 80.4. The summed E-state index contributed by atoms with van der Waals surface area (Å²) in [6.45, 7) is 12.5. The number of sulfone groups is 2. The second-order valence-corrected chi connectivity index (χ2v) is 46.4. The lowest BCUT2D eigenvalue weighted by Crippen LogP contribution is -2.41. The van der Waals surface area contributed by atoms with Crippen LogP contribution in [0.5, 0.6) is 0 Å². The van der Waals surface area contributed by atoms with Gasteiger partial charge in [0.25, 0.3) is 20.4 Å². The Morgan fingerprint density at radius 2 is 0.932 bits per heavy atom. The van der Waals surface area contributed by atoms with Crippen molar-refractivity contribution in [2.75, 3.05) is 127 Å². The van der Waals surface area contributed by atoms with Crippen LogP contribution in [-0.2, 0) is 202 Å². The summed E-state index contributed by atoms with van der Waals surface area (Å²) in [7, 11) is -23.7. The fraction of sp³-hybridized carbons (Fsp3) is 0.514. The van der Waals surface area contributed by atoms with Gasteiger partial charge in [0.1, 0.15) is 83.1 Å². The number of carbonyl (C=O) groups excluding carboxylic acids is 20. The maximum Gasteiger partial charge on any atom is 0.313 e. The maximum atomic E-state index is 10.7. The van der Waals surface area contributed by atoms with E-state index in [4.69, 9.17) is 4.74 Å². The van der Waals surface area contributed by atoms with E-state index in [2.05, 4.69) is 62.3 Å². The molecule has 11 saturated heterocycles. The number of hydrogen-bond acceptors (Lipinski definition) is 42. The minimum Gasteiger partial charge on any atom is -0.493 e. The molecule has 2 atom stereocenters. The maximum absolute atomic E-state index is 10.7. The topological polar surface area (TPSA) is 726 Å². The summed E-state index contributed by atoms with van der Waals surface area (Å²) in [5.41, 5.74) is 1.71. The van der Waals surface area contributed by atoms with Crippen LogP contribution in [0.4, 0.5) is 0 Å². The molecule has 46 nitrogen and oxygen atoms in total. The summed E-state index contributed by atoms with van der Waals surface area (Å²) < 4.78 is 196. The number of esters is 1. The van der Waals surface area contributed by atoms with Gasteiger partial charge in [-0.05, 0) is 48.6 Å². The van der Waals surface area contributed by atoms with Crippen LogP contribution < -0.4 is 33.1 Å². The third-order valence-electron chi connectivity index (χ3n) is 15.5. The first kappa shape index (κ1) is 121. The lowest BCUT2D eigenvalue weighted by molar-refractivity contribution is -0.138. The predicted molar refractivity (Wildman–Crippen MR) is 481 cm³/mol. The molecule has 0 aromatic rings. The highest BCUT2D eigenvalue weighted by Crippen LogP contribution is 2.16. The average molecular weight is 2100 g/mol. The number of rotatable bonds is 0. The number of ketones is 18. The fourth-order valence-electron chi connectivity index (χ4n) is 9.27. The lowest BCUT2D eigenvalue weighted by Gasteiger charge is -2.16. The van der Waals surface area contributed by atoms with Gasteiger partial charge in [0.15, 0.2) is 95.0 Å². The third kappa shape index (κ3) is 66.5. The van der Waals surface area contributed by atoms with Crippen molar-refractivity contribution in [1.29, 1.82) is 0 Å². The Labute approximate surface area is 779 Å². The second-order valence-electron chi connectivity index (χ2n) is 27.9. The van der Waals surface area contributed by atoms with Gasteiger partial charge in [-0.25, -0.2) is 51.5 Å². The van der Waals surface area contributed by atoms with Crippen molar-refractivity contribution in [3.8, 4) is 0 Å². The van der Waals surface area contributed by atoms with Crippen molar-refractivity contribution in [3.05, 3.63) is 95.8 Å². The number of carbonyl (C=O) groups is 20. The van der Waals surface area contributed by atoms with Gasteiger partial charge in [-0.15, -0.1) is 11.8 Å². The van der Waals surface area contributed by atoms with Crippen LogP contribution in [0, 0.1) is 0 Å². The molecule has 58 heteroatoms. The van der Waals surface area contributed by atoms with Crippen molar-refractivity contribution in [2.45, 2.75) is 109 Å². The first-order valence-electron chi connectivity index (χ1n) is 38.4. The summed E-state index contributed by atoms with van der Waals surface area (Å²) in [6, 6.07) is 0. The van der Waals surface area contributed by atoms with Gasteiger partial charge in [0.2, 0.25) is 30.1 Å². The van der Waals surface area contributed by atoms with Crippen molar-refractivity contribution in [3.63, 3.8) is 0 Å². The molecule has 0 aromatic heterocycles. The van der Waals surface area contributed by atoms with Gasteiger partial charge in [0, 0.05) is 134 Å². The van der Waals surface area contributed by atoms with Crippen LogP contribution in [-0.4, -0.2) is 310 Å². The number of ether oxygens (including phenoxy) is 3. The number of hydrogen-bond donors (Lipinski definition) is 7. The predicted octanol–water partition coefficient (Wildman–Crippen LogP) is -3.74. The number of Topliss-reactive ketones (excluding diaryl/α,β-unsaturated/α-hetero) is 12. The number of nitrogens with one attached hydrogen (secondary N) is 7. The van der Waals surface area contributed by atoms with E-state index in [1.165, 1.54) is 36.0 Å². The van der Waals surface area contributed by atoms with Gasteiger partial charge >= 0.3 is 5.97 Å². The van der Waals surface area contributed by atoms with E-state index in [0.717, 1.165) is 47.6 Å². The standard InChI is InChI=1S/C5H9NO2S.2C5H6O2.C5H4O2.2C4H8N2O2S.C4H6O3S.C4H4O3S.C4H4O3.C4H4O2S.C4H6O2S.C4H4O2S.C4H6O2.C4H4O2.C4H6OS.C4H4OS.2C3H5NO3S/c1-5-3-2-4-9(7,8)6-5;3*6-4-1-2-5(7)3-4;2*1-4-2-3-5-9(7,8)6-4;2*5-4-1-2-8(6,7)3-4;2*5-3-1-4(6)7-2-3;2*5-4-1-2-7(6)3-4;4*5-4-1-2-6-3-4;2*5-3-1-4-8(6,7)2-3/h6H,1-4H2;2*1-3H2;1-2H,3H2;2*5-6H,1-3H2;1-3H2;1-2H,3H2;2*1-2H2;1-3H2;1-2H,3H2;1-3H2;1-2H,3H2;1-3H2;1-2H,3H2;2*4H,1-2H2. The van der Waals surface area contributed by atoms with Crippen molar-refractivity contribution in [2.24, 2.45) is 0 Å². The number of sulfonamides is 3. The summed E-state index contributed by atoms with van der Waals surface area (Å²) in [6.07, 6.45) is 17.0. The SMILES string of the molecule is C=C1CCCS(=O)(=O)N1.C=C1CCNS(=O)(=O)N1.C=C1CCNS(=O)(=O)N1.O=C1C=CC(=O)C1.O=C1C=COC1.O=C1C=CS(=O)(=O)C1.O=C1C=CS(=O)C1.O=C1C=CSC1.O=C1CCC(=O)C1.O=C1CCC(=O)C1.O=C1CCOC1.O=C1CCS(=O)(=O)C1.O=C1CCS(=O)C1.O=C1CCSC1.O=C1CNS(=O)(=O)C1.O=C1CNS(=O)(=O)C1.O=C1COC(=O)C1.O=C1CSC(=O)C1. The molecule has 2 unspecified atom stereocenters. The molecule has 3 aliphatic carbocycles. The molecule has 736 valence electrons. The largest absolute Gasteiger partial charge is 0.493 e. The Morgan fingerprint density at radius 1 is 0.386 bits per heavy atom. The first-order valence-corrected chi connectivity index (χ1v) is 56.0. The zero-order valence-electron chi connectivity index (χ0n) is 70.6. The van der Waals surface area contributed by atoms with Crippen molar-refractivity contribution < 1.29 is 177 Å². The monoisotopic (exact) mass is 2090 g/mol. The molecule has 0 spiro atoms. The Bertz CT molecular complexity index is 4830. The molecule has 0 radical (unpaired) electrons. The summed E-state index contributed by atoms with van der Waals surface area (Å²) in [5.74, 6) is 2.88. The molecule has 18 rings (SSSR count). The molecular weight excluding hydrogens is 2000 g/mol. The van der Waals surface area contributed by atoms with E-state index >= 15 is 0 Å². The molecule has 132 heavy (non-hydrogen) atoms. The highest BCUT2D eigenvalue weighted by molar-refractivity contribution is 8.15. The molecule has 2 saturated carbocycles. The van der Waals surface area contributed by atoms with Gasteiger partial charge in [-0.3, -0.25) is 118 Å². The molecule has 7 N–H and O–H groups in total. The Morgan fingerprint density at radius 3 is 1.08 bits per heavy atom. The zero-order chi connectivity index (χ0) is 100. The van der Waals surface area contributed by atoms with E-state index in [-0.39, 0.29) is 209 Å². The molecule has 0 bridgehead atoms. The van der Waals surface area contributed by atoms with Crippen molar-refractivity contribution in [1.82, 2.24) is 33.1 Å². The van der Waals surface area contributed by atoms with E-state index in [1.54, 1.807) is 29.6 Å². The quantitative estimate of drug-likeness (QED) is 0.0905. The van der Waals surface area contributed by atoms with Crippen LogP contribution in [0.1, 0.15) is 109 Å². The van der Waals surface area contributed by atoms with Crippen LogP contribution in [0.25, 0.3) is 0 Å². The average Bonchev–Trinajstić information content (AvgIpc) is 1.86. The molecule has 13 fully saturated rings. The number of allylic oxidation sites excluding steroid dienone is 6. The molecule has 15 heterocycles. The van der Waals surface area contributed by atoms with Gasteiger partial charge in [-0.2, -0.15) is 38.0 Å². The van der Waals surface area contributed by atoms with E-state index in [1.807, 2.05) is 5.41 Å². The number of cyclic esters (lactones) is 1. The van der Waals surface area contributed by atoms with Crippen LogP contribution in [0.2, 0.25) is 0 Å². The van der Waals surface area contributed by atoms with E-state index < -0.39 is 97.7 Å². The van der Waals surface area contributed by atoms with Crippen LogP contribution >= 0.6 is 35.3 Å². The summed E-state index contributed by atoms with van der Waals surface area (Å²) >= 11 is 4.40. The van der Waals surface area contributed by atoms with Crippen LogP contribution in [0.15, 0.2) is 95.8 Å². The molecule has 0 amide bonds. The van der Waals surface area contributed by atoms with Gasteiger partial charge in [-0.1, -0.05) is 31.5 Å². The smallest absolute Gasteiger partial charge is 0.313 e. The fourth-order valence-corrected chi connectivity index (χ4v) is 20.6. The highest BCUT2D eigenvalue weighted by atomic mass is 32.2.